The number of aliphatic hydroxyl groups is 2. The van der Waals surface area contributed by atoms with Gasteiger partial charge >= 0.3 is 0 Å². The van der Waals surface area contributed by atoms with E-state index in [1.54, 1.807) is 0 Å². The molecule has 0 bridgehead atoms. The third-order valence-electron chi connectivity index (χ3n) is 1.93. The van der Waals surface area contributed by atoms with E-state index in [1.165, 1.54) is 0 Å². The molecule has 3 heteroatoms. The molecule has 0 spiro atoms. The molecule has 3 N–H and O–H groups in total. The molecule has 0 aromatic heterocycles. The first-order valence-electron chi connectivity index (χ1n) is 4.68. The molecule has 1 unspecified atom stereocenters. The summed E-state index contributed by atoms with van der Waals surface area (Å²) in [5.74, 6) is 0. The Hall–Kier alpha value is -0.120. The molecule has 74 valence electrons. The van der Waals surface area contributed by atoms with Crippen LogP contribution in [0.3, 0.4) is 0 Å². The third-order valence-corrected chi connectivity index (χ3v) is 1.93. The third kappa shape index (κ3) is 6.58. The molecule has 0 aromatic rings. The van der Waals surface area contributed by atoms with E-state index in [9.17, 15) is 0 Å². The number of hydrogen-bond donors (Lipinski definition) is 3. The molecule has 0 aliphatic rings. The van der Waals surface area contributed by atoms with Crippen LogP contribution in [0.5, 0.6) is 0 Å². The fourth-order valence-corrected chi connectivity index (χ4v) is 1.24. The smallest absolute Gasteiger partial charge is 0.0445 e. The highest BCUT2D eigenvalue weighted by Crippen LogP contribution is 1.98. The second kappa shape index (κ2) is 7.53. The van der Waals surface area contributed by atoms with Gasteiger partial charge in [-0.05, 0) is 33.1 Å². The average molecular weight is 175 g/mol. The van der Waals surface area contributed by atoms with E-state index < -0.39 is 0 Å². The highest BCUT2D eigenvalue weighted by Gasteiger charge is 2.05. The van der Waals surface area contributed by atoms with Crippen molar-refractivity contribution >= 4 is 0 Å². The summed E-state index contributed by atoms with van der Waals surface area (Å²) in [4.78, 5) is 0. The molecule has 0 rings (SSSR count). The maximum atomic E-state index is 8.65. The van der Waals surface area contributed by atoms with E-state index in [0.29, 0.717) is 12.1 Å². The fourth-order valence-electron chi connectivity index (χ4n) is 1.24. The van der Waals surface area contributed by atoms with Gasteiger partial charge < -0.3 is 15.5 Å². The van der Waals surface area contributed by atoms with Crippen LogP contribution in [0, 0.1) is 0 Å². The van der Waals surface area contributed by atoms with Crippen molar-refractivity contribution in [1.82, 2.24) is 5.32 Å². The summed E-state index contributed by atoms with van der Waals surface area (Å²) in [5, 5.41) is 20.6. The van der Waals surface area contributed by atoms with Crippen molar-refractivity contribution in [3.63, 3.8) is 0 Å². The summed E-state index contributed by atoms with van der Waals surface area (Å²) >= 11 is 0. The minimum absolute atomic E-state index is 0.237. The van der Waals surface area contributed by atoms with Crippen LogP contribution in [0.25, 0.3) is 0 Å². The summed E-state index contributed by atoms with van der Waals surface area (Å²) in [6, 6.07) is 0.794. The normalized spacial score (nSPS) is 16.0. The average Bonchev–Trinajstić information content (AvgIpc) is 2.01. The SMILES string of the molecule is CC(CCCO)N[C@H](C)CCO. The molecule has 0 aromatic carbocycles. The Bertz CT molecular complexity index is 98.5. The van der Waals surface area contributed by atoms with Gasteiger partial charge in [-0.15, -0.1) is 0 Å². The van der Waals surface area contributed by atoms with Crippen LogP contribution in [0.15, 0.2) is 0 Å². The van der Waals surface area contributed by atoms with E-state index in [-0.39, 0.29) is 13.2 Å². The minimum Gasteiger partial charge on any atom is -0.396 e. The zero-order valence-electron chi connectivity index (χ0n) is 8.08. The number of rotatable bonds is 7. The highest BCUT2D eigenvalue weighted by molar-refractivity contribution is 4.66. The van der Waals surface area contributed by atoms with Crippen LogP contribution in [-0.2, 0) is 0 Å². The number of hydrogen-bond acceptors (Lipinski definition) is 3. The van der Waals surface area contributed by atoms with Crippen LogP contribution in [0.1, 0.15) is 33.1 Å². The number of aliphatic hydroxyl groups excluding tert-OH is 2. The largest absolute Gasteiger partial charge is 0.396 e. The van der Waals surface area contributed by atoms with Crippen molar-refractivity contribution < 1.29 is 10.2 Å². The summed E-state index contributed by atoms with van der Waals surface area (Å²) in [7, 11) is 0. The Morgan fingerprint density at radius 2 is 1.58 bits per heavy atom. The molecule has 0 saturated carbocycles. The standard InChI is InChI=1S/C9H21NO2/c1-8(4-3-6-11)10-9(2)5-7-12/h8-12H,3-7H2,1-2H3/t8?,9-/m1/s1. The quantitative estimate of drug-likeness (QED) is 0.528. The van der Waals surface area contributed by atoms with Crippen LogP contribution < -0.4 is 5.32 Å². The molecule has 12 heavy (non-hydrogen) atoms. The second-order valence-corrected chi connectivity index (χ2v) is 3.35. The molecule has 0 heterocycles. The van der Waals surface area contributed by atoms with Crippen LogP contribution in [0.4, 0.5) is 0 Å². The van der Waals surface area contributed by atoms with Crippen LogP contribution in [-0.4, -0.2) is 35.5 Å². The van der Waals surface area contributed by atoms with Gasteiger partial charge in [0.2, 0.25) is 0 Å². The van der Waals surface area contributed by atoms with Gasteiger partial charge in [0.05, 0.1) is 0 Å². The molecule has 3 nitrogen and oxygen atoms in total. The van der Waals surface area contributed by atoms with Gasteiger partial charge in [0.25, 0.3) is 0 Å². The van der Waals surface area contributed by atoms with Gasteiger partial charge in [-0.1, -0.05) is 0 Å². The summed E-state index contributed by atoms with van der Waals surface area (Å²) in [6.07, 6.45) is 2.63. The lowest BCUT2D eigenvalue weighted by Crippen LogP contribution is -2.35. The van der Waals surface area contributed by atoms with Gasteiger partial charge in [-0.25, -0.2) is 0 Å². The lowest BCUT2D eigenvalue weighted by atomic mass is 10.1. The van der Waals surface area contributed by atoms with E-state index >= 15 is 0 Å². The van der Waals surface area contributed by atoms with Crippen LogP contribution >= 0.6 is 0 Å². The highest BCUT2D eigenvalue weighted by atomic mass is 16.3. The van der Waals surface area contributed by atoms with Crippen LogP contribution in [0.2, 0.25) is 0 Å². The Morgan fingerprint density at radius 3 is 2.08 bits per heavy atom. The summed E-state index contributed by atoms with van der Waals surface area (Å²) in [5.41, 5.74) is 0. The summed E-state index contributed by atoms with van der Waals surface area (Å²) in [6.45, 7) is 4.66. The van der Waals surface area contributed by atoms with E-state index in [1.807, 2.05) is 0 Å². The topological polar surface area (TPSA) is 52.5 Å². The molecule has 0 aliphatic heterocycles. The van der Waals surface area contributed by atoms with Crippen molar-refractivity contribution in [3.8, 4) is 0 Å². The maximum absolute atomic E-state index is 8.65. The van der Waals surface area contributed by atoms with Gasteiger partial charge in [0.15, 0.2) is 0 Å². The zero-order valence-corrected chi connectivity index (χ0v) is 8.08. The lowest BCUT2D eigenvalue weighted by Gasteiger charge is -2.18. The van der Waals surface area contributed by atoms with E-state index in [2.05, 4.69) is 19.2 Å². The molecular formula is C9H21NO2. The first-order chi connectivity index (χ1) is 5.70. The first kappa shape index (κ1) is 11.9. The molecule has 2 atom stereocenters. The molecule has 0 saturated heterocycles. The Morgan fingerprint density at radius 1 is 1.00 bits per heavy atom. The molecular weight excluding hydrogens is 154 g/mol. The van der Waals surface area contributed by atoms with Crippen molar-refractivity contribution in [2.75, 3.05) is 13.2 Å². The molecule has 0 aliphatic carbocycles. The lowest BCUT2D eigenvalue weighted by molar-refractivity contribution is 0.253. The maximum Gasteiger partial charge on any atom is 0.0445 e. The number of nitrogens with one attached hydrogen (secondary N) is 1. The van der Waals surface area contributed by atoms with Crippen molar-refractivity contribution in [3.05, 3.63) is 0 Å². The Balaban J connectivity index is 3.33. The van der Waals surface area contributed by atoms with Gasteiger partial charge in [0, 0.05) is 25.3 Å². The predicted octanol–water partition coefficient (Wildman–Crippen LogP) is 0.508. The monoisotopic (exact) mass is 175 g/mol. The van der Waals surface area contributed by atoms with Crippen molar-refractivity contribution in [2.24, 2.45) is 0 Å². The van der Waals surface area contributed by atoms with Gasteiger partial charge in [-0.2, -0.15) is 0 Å². The van der Waals surface area contributed by atoms with E-state index in [4.69, 9.17) is 10.2 Å². The Kier molecular flexibility index (Phi) is 7.45. The predicted molar refractivity (Wildman–Crippen MR) is 50.1 cm³/mol. The second-order valence-electron chi connectivity index (χ2n) is 3.35. The van der Waals surface area contributed by atoms with Gasteiger partial charge in [0.1, 0.15) is 0 Å². The molecule has 0 radical (unpaired) electrons. The summed E-state index contributed by atoms with van der Waals surface area (Å²) < 4.78 is 0. The van der Waals surface area contributed by atoms with Crippen molar-refractivity contribution in [2.45, 2.75) is 45.2 Å². The Labute approximate surface area is 74.8 Å². The van der Waals surface area contributed by atoms with E-state index in [0.717, 1.165) is 19.3 Å². The minimum atomic E-state index is 0.237. The molecule has 0 amide bonds. The van der Waals surface area contributed by atoms with Crippen molar-refractivity contribution in [1.29, 1.82) is 0 Å². The van der Waals surface area contributed by atoms with Gasteiger partial charge in [-0.3, -0.25) is 0 Å². The molecule has 0 fully saturated rings. The fraction of sp³-hybridized carbons (Fsp3) is 1.00. The zero-order chi connectivity index (χ0) is 9.40. The first-order valence-corrected chi connectivity index (χ1v) is 4.68.